The number of esters is 1. The predicted molar refractivity (Wildman–Crippen MR) is 189 cm³/mol. The summed E-state index contributed by atoms with van der Waals surface area (Å²) >= 11 is 7.79. The van der Waals surface area contributed by atoms with Crippen LogP contribution in [0.4, 0.5) is 5.69 Å². The molecule has 0 saturated heterocycles. The molecule has 0 radical (unpaired) electrons. The van der Waals surface area contributed by atoms with Crippen LogP contribution in [-0.4, -0.2) is 42.9 Å². The SMILES string of the molecule is CCOC(=O)C1=C(c2ccccc2)N=c2s/c(=C\c3cc(C)n(-c4ccc(N(C)C)cc4)c3C)c(=O)n2[C@@H]1c1cc(Cl)ccc1OC. The van der Waals surface area contributed by atoms with Crippen LogP contribution >= 0.6 is 22.9 Å². The van der Waals surface area contributed by atoms with Gasteiger partial charge in [-0.1, -0.05) is 53.3 Å². The van der Waals surface area contributed by atoms with E-state index < -0.39 is 12.0 Å². The van der Waals surface area contributed by atoms with Crippen molar-refractivity contribution >= 4 is 46.4 Å². The molecule has 0 unspecified atom stereocenters. The second-order valence-corrected chi connectivity index (χ2v) is 12.8. The molecule has 0 fully saturated rings. The number of methoxy groups -OCH3 is 1. The van der Waals surface area contributed by atoms with Crippen LogP contribution in [0.25, 0.3) is 17.5 Å². The molecular weight excluding hydrogens is 632 g/mol. The van der Waals surface area contributed by atoms with Gasteiger partial charge in [0.2, 0.25) is 0 Å². The summed E-state index contributed by atoms with van der Waals surface area (Å²) in [4.78, 5) is 35.7. The number of anilines is 1. The van der Waals surface area contributed by atoms with Crippen molar-refractivity contribution in [1.82, 2.24) is 9.13 Å². The van der Waals surface area contributed by atoms with Gasteiger partial charge in [-0.3, -0.25) is 9.36 Å². The van der Waals surface area contributed by atoms with Gasteiger partial charge in [-0.15, -0.1) is 0 Å². The number of ether oxygens (including phenoxy) is 2. The van der Waals surface area contributed by atoms with Crippen molar-refractivity contribution in [3.05, 3.63) is 137 Å². The Labute approximate surface area is 282 Å². The van der Waals surface area contributed by atoms with Crippen LogP contribution in [0.2, 0.25) is 5.02 Å². The van der Waals surface area contributed by atoms with Gasteiger partial charge in [0.25, 0.3) is 5.56 Å². The highest BCUT2D eigenvalue weighted by atomic mass is 35.5. The zero-order valence-corrected chi connectivity index (χ0v) is 28.6. The lowest BCUT2D eigenvalue weighted by molar-refractivity contribution is -0.138. The largest absolute Gasteiger partial charge is 0.496 e. The number of thiazole rings is 1. The number of aryl methyl sites for hydroxylation is 1. The van der Waals surface area contributed by atoms with Crippen LogP contribution in [0.3, 0.4) is 0 Å². The van der Waals surface area contributed by atoms with E-state index in [2.05, 4.69) is 46.7 Å². The summed E-state index contributed by atoms with van der Waals surface area (Å²) in [6, 6.07) is 24.1. The summed E-state index contributed by atoms with van der Waals surface area (Å²) in [5, 5.41) is 0.440. The number of halogens is 1. The van der Waals surface area contributed by atoms with Crippen molar-refractivity contribution in [2.75, 3.05) is 32.7 Å². The van der Waals surface area contributed by atoms with Crippen molar-refractivity contribution < 1.29 is 14.3 Å². The first-order valence-corrected chi connectivity index (χ1v) is 16.4. The van der Waals surface area contributed by atoms with Gasteiger partial charge in [-0.2, -0.15) is 0 Å². The average Bonchev–Trinajstić information content (AvgIpc) is 3.53. The number of hydrogen-bond acceptors (Lipinski definition) is 7. The molecule has 47 heavy (non-hydrogen) atoms. The van der Waals surface area contributed by atoms with Gasteiger partial charge < -0.3 is 18.9 Å². The number of benzene rings is 3. The molecule has 0 spiro atoms. The van der Waals surface area contributed by atoms with Gasteiger partial charge in [0.15, 0.2) is 4.80 Å². The topological polar surface area (TPSA) is 78.1 Å². The first-order valence-electron chi connectivity index (χ1n) is 15.2. The Balaban J connectivity index is 1.60. The number of fused-ring (bicyclic) bond motifs is 1. The number of hydrogen-bond donors (Lipinski definition) is 0. The molecule has 0 saturated carbocycles. The van der Waals surface area contributed by atoms with Crippen LogP contribution in [-0.2, 0) is 9.53 Å². The molecule has 0 amide bonds. The Morgan fingerprint density at radius 1 is 1.04 bits per heavy atom. The highest BCUT2D eigenvalue weighted by Gasteiger charge is 2.37. The standard InChI is InChI=1S/C37H35ClN4O4S/c1-7-46-36(44)32-33(24-11-9-8-10-12-24)39-37-42(34(32)29-21-26(38)13-18-30(29)45-6)35(43)31(47-37)20-25-19-22(2)41(23(25)3)28-16-14-27(15-17-28)40(4)5/h8-21,34H,7H2,1-6H3/b31-20-/t34-/m1/s1. The Morgan fingerprint density at radius 2 is 1.77 bits per heavy atom. The minimum Gasteiger partial charge on any atom is -0.496 e. The quantitative estimate of drug-likeness (QED) is 0.188. The highest BCUT2D eigenvalue weighted by molar-refractivity contribution is 7.07. The summed E-state index contributed by atoms with van der Waals surface area (Å²) in [5.74, 6) is -0.0887. The van der Waals surface area contributed by atoms with Crippen molar-refractivity contribution in [2.24, 2.45) is 4.99 Å². The molecule has 1 atom stereocenters. The molecule has 1 aliphatic rings. The second kappa shape index (κ2) is 13.1. The smallest absolute Gasteiger partial charge is 0.338 e. The second-order valence-electron chi connectivity index (χ2n) is 11.4. The van der Waals surface area contributed by atoms with E-state index in [0.717, 1.165) is 33.9 Å². The molecule has 1 aliphatic heterocycles. The van der Waals surface area contributed by atoms with Crippen molar-refractivity contribution in [3.63, 3.8) is 0 Å². The van der Waals surface area contributed by atoms with Gasteiger partial charge in [-0.25, -0.2) is 9.79 Å². The van der Waals surface area contributed by atoms with Crippen LogP contribution < -0.4 is 24.5 Å². The van der Waals surface area contributed by atoms with E-state index in [9.17, 15) is 9.59 Å². The average molecular weight is 667 g/mol. The zero-order chi connectivity index (χ0) is 33.4. The van der Waals surface area contributed by atoms with E-state index in [1.54, 1.807) is 36.8 Å². The first kappa shape index (κ1) is 32.1. The van der Waals surface area contributed by atoms with Crippen LogP contribution in [0, 0.1) is 13.8 Å². The Morgan fingerprint density at radius 3 is 2.43 bits per heavy atom. The van der Waals surface area contributed by atoms with Crippen LogP contribution in [0.1, 0.15) is 41.0 Å². The number of carbonyl (C=O) groups is 1. The lowest BCUT2D eigenvalue weighted by atomic mass is 9.92. The Bertz CT molecular complexity index is 2200. The lowest BCUT2D eigenvalue weighted by Gasteiger charge is -2.27. The molecule has 3 aromatic carbocycles. The van der Waals surface area contributed by atoms with E-state index in [1.807, 2.05) is 57.4 Å². The number of nitrogens with zero attached hydrogens (tertiary/aromatic N) is 4. The van der Waals surface area contributed by atoms with Gasteiger partial charge in [-0.05, 0) is 80.9 Å². The van der Waals surface area contributed by atoms with Crippen molar-refractivity contribution in [3.8, 4) is 11.4 Å². The molecule has 5 aromatic rings. The van der Waals surface area contributed by atoms with Gasteiger partial charge >= 0.3 is 5.97 Å². The Kier molecular flexibility index (Phi) is 8.94. The maximum absolute atomic E-state index is 14.5. The third-order valence-corrected chi connectivity index (χ3v) is 9.46. The van der Waals surface area contributed by atoms with E-state index in [1.165, 1.54) is 11.3 Å². The lowest BCUT2D eigenvalue weighted by Crippen LogP contribution is -2.40. The van der Waals surface area contributed by atoms with E-state index in [4.69, 9.17) is 26.1 Å². The number of carbonyl (C=O) groups excluding carboxylic acids is 1. The molecular formula is C37H35ClN4O4S. The van der Waals surface area contributed by atoms with Gasteiger partial charge in [0.1, 0.15) is 11.8 Å². The summed E-state index contributed by atoms with van der Waals surface area (Å²) < 4.78 is 15.5. The molecule has 6 rings (SSSR count). The monoisotopic (exact) mass is 666 g/mol. The molecule has 0 N–H and O–H groups in total. The summed E-state index contributed by atoms with van der Waals surface area (Å²) in [6.07, 6.45) is 1.90. The fourth-order valence-corrected chi connectivity index (χ4v) is 7.20. The molecule has 10 heteroatoms. The van der Waals surface area contributed by atoms with Crippen LogP contribution in [0.5, 0.6) is 5.75 Å². The molecule has 3 heterocycles. The van der Waals surface area contributed by atoms with Crippen LogP contribution in [0.15, 0.2) is 94.2 Å². The van der Waals surface area contributed by atoms with E-state index in [-0.39, 0.29) is 17.7 Å². The molecule has 240 valence electrons. The zero-order valence-electron chi connectivity index (χ0n) is 27.1. The minimum atomic E-state index is -0.904. The molecule has 0 aliphatic carbocycles. The minimum absolute atomic E-state index is 0.154. The van der Waals surface area contributed by atoms with Gasteiger partial charge in [0, 0.05) is 53.0 Å². The summed E-state index contributed by atoms with van der Waals surface area (Å²) in [6.45, 7) is 6.00. The fraction of sp³-hybridized carbons (Fsp3) is 0.216. The normalized spacial score (nSPS) is 14.5. The predicted octanol–water partition coefficient (Wildman–Crippen LogP) is 6.07. The third kappa shape index (κ3) is 5.92. The molecule has 0 bridgehead atoms. The summed E-state index contributed by atoms with van der Waals surface area (Å²) in [7, 11) is 5.58. The maximum atomic E-state index is 14.5. The Hall–Kier alpha value is -4.86. The first-order chi connectivity index (χ1) is 22.6. The van der Waals surface area contributed by atoms with E-state index in [0.29, 0.717) is 31.4 Å². The number of aromatic nitrogens is 2. The molecule has 8 nitrogen and oxygen atoms in total. The highest BCUT2D eigenvalue weighted by Crippen LogP contribution is 2.39. The number of rotatable bonds is 8. The van der Waals surface area contributed by atoms with Crippen molar-refractivity contribution in [2.45, 2.75) is 26.8 Å². The van der Waals surface area contributed by atoms with Gasteiger partial charge in [0.05, 0.1) is 29.5 Å². The fourth-order valence-electron chi connectivity index (χ4n) is 6.03. The summed E-state index contributed by atoms with van der Waals surface area (Å²) in [5.41, 5.74) is 6.75. The third-order valence-electron chi connectivity index (χ3n) is 8.24. The maximum Gasteiger partial charge on any atom is 0.338 e. The van der Waals surface area contributed by atoms with E-state index >= 15 is 0 Å². The molecule has 2 aromatic heterocycles. The van der Waals surface area contributed by atoms with Crippen molar-refractivity contribution in [1.29, 1.82) is 0 Å².